The monoisotopic (exact) mass is 402 g/mol. The van der Waals surface area contributed by atoms with Crippen molar-refractivity contribution < 1.29 is 24.2 Å². The van der Waals surface area contributed by atoms with Gasteiger partial charge in [-0.25, -0.2) is 4.79 Å². The number of benzene rings is 1. The molecule has 2 N–H and O–H groups in total. The zero-order chi connectivity index (χ0) is 20.1. The van der Waals surface area contributed by atoms with Crippen molar-refractivity contribution >= 4 is 40.6 Å². The molecule has 2 heterocycles. The van der Waals surface area contributed by atoms with Crippen LogP contribution in [0.2, 0.25) is 0 Å². The van der Waals surface area contributed by atoms with E-state index in [-0.39, 0.29) is 23.4 Å². The van der Waals surface area contributed by atoms with Crippen molar-refractivity contribution in [2.45, 2.75) is 19.8 Å². The van der Waals surface area contributed by atoms with Gasteiger partial charge in [-0.2, -0.15) is 0 Å². The zero-order valence-electron chi connectivity index (χ0n) is 15.5. The smallest absolute Gasteiger partial charge is 0.337 e. The maximum atomic E-state index is 12.2. The highest BCUT2D eigenvalue weighted by Crippen LogP contribution is 2.29. The predicted octanol–water partition coefficient (Wildman–Crippen LogP) is 3.48. The summed E-state index contributed by atoms with van der Waals surface area (Å²) in [6.45, 7) is 3.29. The van der Waals surface area contributed by atoms with Crippen LogP contribution >= 0.6 is 11.3 Å². The lowest BCUT2D eigenvalue weighted by Gasteiger charge is -2.33. The first kappa shape index (κ1) is 19.9. The highest BCUT2D eigenvalue weighted by atomic mass is 32.1. The molecule has 1 amide bonds. The first-order valence-corrected chi connectivity index (χ1v) is 10.0. The summed E-state index contributed by atoms with van der Waals surface area (Å²) in [7, 11) is 0. The Labute approximate surface area is 166 Å². The lowest BCUT2D eigenvalue weighted by Crippen LogP contribution is -2.37. The molecule has 0 aliphatic carbocycles. The van der Waals surface area contributed by atoms with Crippen molar-refractivity contribution in [1.82, 2.24) is 0 Å². The molecule has 0 radical (unpaired) electrons. The second-order valence-corrected chi connectivity index (χ2v) is 7.43. The number of nitrogens with zero attached hydrogens (tertiary/aromatic N) is 1. The van der Waals surface area contributed by atoms with Gasteiger partial charge in [-0.3, -0.25) is 9.59 Å². The molecule has 0 bridgehead atoms. The molecule has 0 unspecified atom stereocenters. The van der Waals surface area contributed by atoms with Crippen LogP contribution in [0.5, 0.6) is 0 Å². The van der Waals surface area contributed by atoms with Crippen LogP contribution in [0.1, 0.15) is 39.8 Å². The third-order valence-corrected chi connectivity index (χ3v) is 5.55. The van der Waals surface area contributed by atoms with Gasteiger partial charge in [0.25, 0.3) is 5.91 Å². The number of esters is 1. The Kier molecular flexibility index (Phi) is 6.30. The maximum Gasteiger partial charge on any atom is 0.337 e. The molecule has 3 rings (SSSR count). The second kappa shape index (κ2) is 8.88. The Morgan fingerprint density at radius 1 is 1.25 bits per heavy atom. The van der Waals surface area contributed by atoms with E-state index in [0.29, 0.717) is 48.8 Å². The van der Waals surface area contributed by atoms with Gasteiger partial charge in [-0.05, 0) is 49.4 Å². The molecule has 28 heavy (non-hydrogen) atoms. The Morgan fingerprint density at radius 2 is 2.00 bits per heavy atom. The average Bonchev–Trinajstić information content (AvgIpc) is 3.23. The highest BCUT2D eigenvalue weighted by molar-refractivity contribution is 7.12. The molecule has 0 spiro atoms. The maximum absolute atomic E-state index is 12.2. The molecule has 1 aliphatic heterocycles. The van der Waals surface area contributed by atoms with Crippen molar-refractivity contribution in [3.05, 3.63) is 46.2 Å². The molecular weight excluding hydrogens is 380 g/mol. The standard InChI is InChI=1S/C20H22N2O5S/c1-2-27-20(26)13-7-9-22(10-8-13)16-6-5-14(12-15(16)19(24)25)21-18(23)17-4-3-11-28-17/h3-6,11-13H,2,7-10H2,1H3,(H,21,23)(H,24,25). The van der Waals surface area contributed by atoms with Crippen LogP contribution in [-0.4, -0.2) is 42.6 Å². The lowest BCUT2D eigenvalue weighted by molar-refractivity contribution is -0.148. The summed E-state index contributed by atoms with van der Waals surface area (Å²) in [5, 5.41) is 14.2. The van der Waals surface area contributed by atoms with Gasteiger partial charge in [0.2, 0.25) is 0 Å². The van der Waals surface area contributed by atoms with Crippen LogP contribution in [0.25, 0.3) is 0 Å². The van der Waals surface area contributed by atoms with Crippen molar-refractivity contribution in [3.8, 4) is 0 Å². The van der Waals surface area contributed by atoms with Crippen molar-refractivity contribution in [1.29, 1.82) is 0 Å². The van der Waals surface area contributed by atoms with Crippen LogP contribution in [-0.2, 0) is 9.53 Å². The average molecular weight is 402 g/mol. The van der Waals surface area contributed by atoms with E-state index in [4.69, 9.17) is 4.74 Å². The van der Waals surface area contributed by atoms with Crippen LogP contribution in [0.4, 0.5) is 11.4 Å². The number of carbonyl (C=O) groups excluding carboxylic acids is 2. The summed E-state index contributed by atoms with van der Waals surface area (Å²) < 4.78 is 5.08. The van der Waals surface area contributed by atoms with Gasteiger partial charge in [0.15, 0.2) is 0 Å². The summed E-state index contributed by atoms with van der Waals surface area (Å²) in [4.78, 5) is 38.4. The molecule has 148 valence electrons. The first-order valence-electron chi connectivity index (χ1n) is 9.13. The molecule has 7 nitrogen and oxygen atoms in total. The fourth-order valence-corrected chi connectivity index (χ4v) is 3.90. The van der Waals surface area contributed by atoms with E-state index in [0.717, 1.165) is 0 Å². The number of carbonyl (C=O) groups is 3. The number of carboxylic acid groups (broad SMARTS) is 1. The normalized spacial score (nSPS) is 14.5. The van der Waals surface area contributed by atoms with Crippen LogP contribution in [0.3, 0.4) is 0 Å². The van der Waals surface area contributed by atoms with Gasteiger partial charge >= 0.3 is 11.9 Å². The fraction of sp³-hybridized carbons (Fsp3) is 0.350. The Bertz CT molecular complexity index is 857. The van der Waals surface area contributed by atoms with Crippen LogP contribution in [0, 0.1) is 5.92 Å². The minimum absolute atomic E-state index is 0.124. The molecule has 1 aromatic heterocycles. The van der Waals surface area contributed by atoms with E-state index in [1.807, 2.05) is 4.90 Å². The van der Waals surface area contributed by atoms with E-state index in [1.165, 1.54) is 17.4 Å². The predicted molar refractivity (Wildman–Crippen MR) is 107 cm³/mol. The summed E-state index contributed by atoms with van der Waals surface area (Å²) in [6, 6.07) is 8.37. The van der Waals surface area contributed by atoms with E-state index in [1.54, 1.807) is 36.6 Å². The molecule has 1 aromatic carbocycles. The van der Waals surface area contributed by atoms with Crippen molar-refractivity contribution in [2.24, 2.45) is 5.92 Å². The Balaban J connectivity index is 1.72. The van der Waals surface area contributed by atoms with E-state index < -0.39 is 5.97 Å². The molecular formula is C20H22N2O5S. The molecule has 1 saturated heterocycles. The number of amides is 1. The number of nitrogens with one attached hydrogen (secondary N) is 1. The number of carboxylic acids is 1. The van der Waals surface area contributed by atoms with Gasteiger partial charge in [-0.1, -0.05) is 6.07 Å². The number of thiophene rings is 1. The number of ether oxygens (including phenoxy) is 1. The number of anilines is 2. The largest absolute Gasteiger partial charge is 0.478 e. The van der Waals surface area contributed by atoms with Crippen molar-refractivity contribution in [3.63, 3.8) is 0 Å². The molecule has 1 aliphatic rings. The molecule has 2 aromatic rings. The van der Waals surface area contributed by atoms with Gasteiger partial charge in [-0.15, -0.1) is 11.3 Å². The summed E-state index contributed by atoms with van der Waals surface area (Å²) in [6.07, 6.45) is 1.24. The van der Waals surface area contributed by atoms with E-state index in [2.05, 4.69) is 5.32 Å². The lowest BCUT2D eigenvalue weighted by atomic mass is 9.96. The third-order valence-electron chi connectivity index (χ3n) is 4.69. The fourth-order valence-electron chi connectivity index (χ4n) is 3.28. The van der Waals surface area contributed by atoms with Gasteiger partial charge < -0.3 is 20.1 Å². The number of hydrogen-bond donors (Lipinski definition) is 2. The zero-order valence-corrected chi connectivity index (χ0v) is 16.3. The number of hydrogen-bond acceptors (Lipinski definition) is 6. The molecule has 1 fully saturated rings. The van der Waals surface area contributed by atoms with E-state index >= 15 is 0 Å². The Morgan fingerprint density at radius 3 is 2.61 bits per heavy atom. The van der Waals surface area contributed by atoms with Crippen LogP contribution in [0.15, 0.2) is 35.7 Å². The summed E-state index contributed by atoms with van der Waals surface area (Å²) in [5.41, 5.74) is 1.14. The molecule has 0 saturated carbocycles. The number of piperidine rings is 1. The minimum atomic E-state index is -1.06. The highest BCUT2D eigenvalue weighted by Gasteiger charge is 2.28. The molecule has 0 atom stereocenters. The Hall–Kier alpha value is -2.87. The minimum Gasteiger partial charge on any atom is -0.478 e. The van der Waals surface area contributed by atoms with E-state index in [9.17, 15) is 19.5 Å². The number of aromatic carboxylic acids is 1. The van der Waals surface area contributed by atoms with Gasteiger partial charge in [0.1, 0.15) is 0 Å². The van der Waals surface area contributed by atoms with Gasteiger partial charge in [0.05, 0.1) is 28.7 Å². The SMILES string of the molecule is CCOC(=O)C1CCN(c2ccc(NC(=O)c3cccs3)cc2C(=O)O)CC1. The quantitative estimate of drug-likeness (QED) is 0.718. The summed E-state index contributed by atoms with van der Waals surface area (Å²) >= 11 is 1.32. The van der Waals surface area contributed by atoms with Crippen molar-refractivity contribution in [2.75, 3.05) is 29.9 Å². The summed E-state index contributed by atoms with van der Waals surface area (Å²) in [5.74, 6) is -1.66. The van der Waals surface area contributed by atoms with Crippen LogP contribution < -0.4 is 10.2 Å². The number of rotatable bonds is 6. The third kappa shape index (κ3) is 4.51. The first-order chi connectivity index (χ1) is 13.5. The topological polar surface area (TPSA) is 95.9 Å². The second-order valence-electron chi connectivity index (χ2n) is 6.48. The molecule has 8 heteroatoms. The van der Waals surface area contributed by atoms with Gasteiger partial charge in [0, 0.05) is 18.8 Å².